The lowest BCUT2D eigenvalue weighted by Gasteiger charge is -2.12. The Kier molecular flexibility index (Phi) is 6.64. The van der Waals surface area contributed by atoms with Gasteiger partial charge in [-0.3, -0.25) is 9.36 Å². The van der Waals surface area contributed by atoms with Crippen molar-refractivity contribution in [3.63, 3.8) is 0 Å². The van der Waals surface area contributed by atoms with Gasteiger partial charge in [-0.2, -0.15) is 13.2 Å². The molecule has 2 aromatic carbocycles. The standard InChI is InChI=1S/C20H17F3N4O3S/c1-2-31-19-26-25-18(20(21,22)23)27(19)11-12-7-9-13(10-8-12)24-16(28)14-5-3-4-6-15(14)17(29)30/h3-10H,2,11H2,1H3,(H,24,28)(H,29,30). The largest absolute Gasteiger partial charge is 0.478 e. The molecule has 2 N–H and O–H groups in total. The highest BCUT2D eigenvalue weighted by atomic mass is 32.2. The van der Waals surface area contributed by atoms with E-state index < -0.39 is 23.9 Å². The molecule has 0 aliphatic carbocycles. The summed E-state index contributed by atoms with van der Waals surface area (Å²) < 4.78 is 40.7. The molecule has 0 saturated heterocycles. The van der Waals surface area contributed by atoms with Crippen molar-refractivity contribution in [3.8, 4) is 0 Å². The molecule has 0 aliphatic rings. The molecular formula is C20H17F3N4O3S. The lowest BCUT2D eigenvalue weighted by molar-refractivity contribution is -0.147. The molecule has 0 spiro atoms. The van der Waals surface area contributed by atoms with Crippen molar-refractivity contribution in [1.29, 1.82) is 0 Å². The van der Waals surface area contributed by atoms with Crippen molar-refractivity contribution in [1.82, 2.24) is 14.8 Å². The van der Waals surface area contributed by atoms with E-state index >= 15 is 0 Å². The maximum atomic E-state index is 13.2. The van der Waals surface area contributed by atoms with Gasteiger partial charge in [0.05, 0.1) is 17.7 Å². The predicted octanol–water partition coefficient (Wildman–Crippen LogP) is 4.41. The first-order chi connectivity index (χ1) is 14.7. The number of nitrogens with one attached hydrogen (secondary N) is 1. The van der Waals surface area contributed by atoms with Crippen LogP contribution in [0.5, 0.6) is 0 Å². The molecule has 3 rings (SSSR count). The van der Waals surface area contributed by atoms with E-state index in [4.69, 9.17) is 0 Å². The summed E-state index contributed by atoms with van der Waals surface area (Å²) in [4.78, 5) is 23.7. The summed E-state index contributed by atoms with van der Waals surface area (Å²) in [7, 11) is 0. The molecule has 1 aromatic heterocycles. The summed E-state index contributed by atoms with van der Waals surface area (Å²) in [5.74, 6) is -2.37. The predicted molar refractivity (Wildman–Crippen MR) is 108 cm³/mol. The summed E-state index contributed by atoms with van der Waals surface area (Å²) in [5.41, 5.74) is 0.786. The molecule has 162 valence electrons. The number of carbonyl (C=O) groups is 2. The number of amides is 1. The van der Waals surface area contributed by atoms with E-state index in [0.29, 0.717) is 17.0 Å². The molecule has 0 bridgehead atoms. The van der Waals surface area contributed by atoms with Crippen LogP contribution in [0.25, 0.3) is 0 Å². The highest BCUT2D eigenvalue weighted by molar-refractivity contribution is 7.99. The second-order valence-corrected chi connectivity index (χ2v) is 7.56. The Balaban J connectivity index is 1.78. The number of rotatable bonds is 7. The van der Waals surface area contributed by atoms with E-state index in [9.17, 15) is 27.9 Å². The first kappa shape index (κ1) is 22.3. The number of thioether (sulfide) groups is 1. The molecule has 0 saturated carbocycles. The number of benzene rings is 2. The van der Waals surface area contributed by atoms with Crippen molar-refractivity contribution in [2.24, 2.45) is 0 Å². The van der Waals surface area contributed by atoms with E-state index in [0.717, 1.165) is 16.3 Å². The topological polar surface area (TPSA) is 97.1 Å². The second-order valence-electron chi connectivity index (χ2n) is 6.32. The third kappa shape index (κ3) is 5.23. The van der Waals surface area contributed by atoms with Gasteiger partial charge in [-0.1, -0.05) is 43.0 Å². The van der Waals surface area contributed by atoms with Crippen molar-refractivity contribution >= 4 is 29.3 Å². The molecule has 1 heterocycles. The Morgan fingerprint density at radius 2 is 1.71 bits per heavy atom. The van der Waals surface area contributed by atoms with Crippen LogP contribution in [0.2, 0.25) is 0 Å². The van der Waals surface area contributed by atoms with Crippen molar-refractivity contribution in [3.05, 3.63) is 71.0 Å². The van der Waals surface area contributed by atoms with Gasteiger partial charge in [0, 0.05) is 5.69 Å². The van der Waals surface area contributed by atoms with Gasteiger partial charge >= 0.3 is 12.1 Å². The zero-order valence-corrected chi connectivity index (χ0v) is 17.0. The van der Waals surface area contributed by atoms with Gasteiger partial charge in [-0.05, 0) is 35.6 Å². The maximum absolute atomic E-state index is 13.2. The van der Waals surface area contributed by atoms with Crippen LogP contribution in [0.15, 0.2) is 53.7 Å². The molecule has 1 amide bonds. The van der Waals surface area contributed by atoms with Crippen LogP contribution >= 0.6 is 11.8 Å². The van der Waals surface area contributed by atoms with Crippen molar-refractivity contribution in [2.45, 2.75) is 24.8 Å². The summed E-state index contributed by atoms with van der Waals surface area (Å²) in [6.45, 7) is 1.71. The van der Waals surface area contributed by atoms with Gasteiger partial charge < -0.3 is 10.4 Å². The normalized spacial score (nSPS) is 11.4. The fraction of sp³-hybridized carbons (Fsp3) is 0.200. The number of anilines is 1. The molecule has 0 aliphatic heterocycles. The molecule has 11 heteroatoms. The van der Waals surface area contributed by atoms with E-state index in [1.807, 2.05) is 0 Å². The molecule has 0 unspecified atom stereocenters. The Labute approximate surface area is 179 Å². The maximum Gasteiger partial charge on any atom is 0.451 e. The molecule has 0 atom stereocenters. The fourth-order valence-electron chi connectivity index (χ4n) is 2.82. The average molecular weight is 450 g/mol. The number of nitrogens with zero attached hydrogens (tertiary/aromatic N) is 3. The summed E-state index contributed by atoms with van der Waals surface area (Å²) in [5, 5.41) is 18.9. The fourth-order valence-corrected chi connectivity index (χ4v) is 3.48. The smallest absolute Gasteiger partial charge is 0.451 e. The number of carboxylic acid groups (broad SMARTS) is 1. The Morgan fingerprint density at radius 1 is 1.06 bits per heavy atom. The van der Waals surface area contributed by atoms with Crippen LogP contribution in [-0.2, 0) is 12.7 Å². The minimum absolute atomic E-state index is 0.000354. The van der Waals surface area contributed by atoms with Crippen LogP contribution in [0.4, 0.5) is 18.9 Å². The van der Waals surface area contributed by atoms with Crippen molar-refractivity contribution in [2.75, 3.05) is 11.1 Å². The zero-order valence-electron chi connectivity index (χ0n) is 16.2. The minimum atomic E-state index is -4.63. The van der Waals surface area contributed by atoms with Crippen LogP contribution in [0.3, 0.4) is 0 Å². The first-order valence-electron chi connectivity index (χ1n) is 9.06. The lowest BCUT2D eigenvalue weighted by atomic mass is 10.1. The van der Waals surface area contributed by atoms with Gasteiger partial charge in [-0.25, -0.2) is 4.79 Å². The van der Waals surface area contributed by atoms with Crippen LogP contribution in [0, 0.1) is 0 Å². The van der Waals surface area contributed by atoms with Crippen LogP contribution in [0.1, 0.15) is 39.0 Å². The monoisotopic (exact) mass is 450 g/mol. The summed E-state index contributed by atoms with van der Waals surface area (Å²) >= 11 is 1.16. The molecule has 31 heavy (non-hydrogen) atoms. The minimum Gasteiger partial charge on any atom is -0.478 e. The molecule has 7 nitrogen and oxygen atoms in total. The Bertz CT molecular complexity index is 1100. The highest BCUT2D eigenvalue weighted by Crippen LogP contribution is 2.31. The van der Waals surface area contributed by atoms with Crippen LogP contribution < -0.4 is 5.32 Å². The number of aromatic nitrogens is 3. The number of hydrogen-bond donors (Lipinski definition) is 2. The number of hydrogen-bond acceptors (Lipinski definition) is 5. The lowest BCUT2D eigenvalue weighted by Crippen LogP contribution is -2.17. The second kappa shape index (κ2) is 9.21. The molecule has 0 radical (unpaired) electrons. The van der Waals surface area contributed by atoms with E-state index in [-0.39, 0.29) is 22.8 Å². The van der Waals surface area contributed by atoms with E-state index in [1.165, 1.54) is 30.3 Å². The summed E-state index contributed by atoms with van der Waals surface area (Å²) in [6, 6.07) is 12.0. The first-order valence-corrected chi connectivity index (χ1v) is 10.0. The third-order valence-corrected chi connectivity index (χ3v) is 5.05. The van der Waals surface area contributed by atoms with Crippen molar-refractivity contribution < 1.29 is 27.9 Å². The number of carboxylic acids is 1. The average Bonchev–Trinajstić information content (AvgIpc) is 3.12. The molecule has 0 fully saturated rings. The SMILES string of the molecule is CCSc1nnc(C(F)(F)F)n1Cc1ccc(NC(=O)c2ccccc2C(=O)O)cc1. The molecular weight excluding hydrogens is 433 g/mol. The number of aromatic carboxylic acids is 1. The Morgan fingerprint density at radius 3 is 2.29 bits per heavy atom. The number of alkyl halides is 3. The van der Waals surface area contributed by atoms with Gasteiger partial charge in [0.1, 0.15) is 0 Å². The van der Waals surface area contributed by atoms with Gasteiger partial charge in [0.15, 0.2) is 5.16 Å². The van der Waals surface area contributed by atoms with Gasteiger partial charge in [0.2, 0.25) is 5.82 Å². The number of carbonyl (C=O) groups excluding carboxylic acids is 1. The van der Waals surface area contributed by atoms with Crippen LogP contribution in [-0.4, -0.2) is 37.5 Å². The van der Waals surface area contributed by atoms with E-state index in [2.05, 4.69) is 15.5 Å². The zero-order chi connectivity index (χ0) is 22.6. The van der Waals surface area contributed by atoms with E-state index in [1.54, 1.807) is 25.1 Å². The van der Waals surface area contributed by atoms with Gasteiger partial charge in [-0.15, -0.1) is 10.2 Å². The summed E-state index contributed by atoms with van der Waals surface area (Å²) in [6.07, 6.45) is -4.63. The quantitative estimate of drug-likeness (QED) is 0.518. The Hall–Kier alpha value is -3.34. The highest BCUT2D eigenvalue weighted by Gasteiger charge is 2.38. The number of halogens is 3. The third-order valence-electron chi connectivity index (χ3n) is 4.20. The van der Waals surface area contributed by atoms with Gasteiger partial charge in [0.25, 0.3) is 5.91 Å². The molecule has 3 aromatic rings.